The Morgan fingerprint density at radius 1 is 0.935 bits per heavy atom. The van der Waals surface area contributed by atoms with E-state index in [9.17, 15) is 14.9 Å². The fraction of sp³-hybridized carbons (Fsp3) is 0.261. The maximum absolute atomic E-state index is 12.7. The summed E-state index contributed by atoms with van der Waals surface area (Å²) in [5.74, 6) is 0.578. The SMILES string of the molecule is Cc1ccc(-c2ccc(N3CCN(C(=O)c4cccc([N+](=O)[O-])c4)CC3)nn2)cc1C. The Kier molecular flexibility index (Phi) is 5.62. The highest BCUT2D eigenvalue weighted by molar-refractivity contribution is 5.95. The molecule has 1 aromatic heterocycles. The van der Waals surface area contributed by atoms with Crippen LogP contribution in [0.3, 0.4) is 0 Å². The Balaban J connectivity index is 1.40. The summed E-state index contributed by atoms with van der Waals surface area (Å²) in [5, 5.41) is 19.7. The average Bonchev–Trinajstić information content (AvgIpc) is 2.81. The highest BCUT2D eigenvalue weighted by Gasteiger charge is 2.24. The monoisotopic (exact) mass is 417 g/mol. The van der Waals surface area contributed by atoms with Crippen molar-refractivity contribution in [2.45, 2.75) is 13.8 Å². The Hall–Kier alpha value is -3.81. The van der Waals surface area contributed by atoms with Crippen molar-refractivity contribution in [3.63, 3.8) is 0 Å². The molecule has 0 radical (unpaired) electrons. The zero-order valence-corrected chi connectivity index (χ0v) is 17.5. The van der Waals surface area contributed by atoms with Crippen molar-refractivity contribution in [1.29, 1.82) is 0 Å². The van der Waals surface area contributed by atoms with Gasteiger partial charge in [0.25, 0.3) is 11.6 Å². The molecule has 3 aromatic rings. The quantitative estimate of drug-likeness (QED) is 0.475. The van der Waals surface area contributed by atoms with Gasteiger partial charge in [-0.1, -0.05) is 18.2 Å². The second-order valence-electron chi connectivity index (χ2n) is 7.66. The molecule has 0 spiro atoms. The van der Waals surface area contributed by atoms with E-state index in [1.165, 1.54) is 29.3 Å². The van der Waals surface area contributed by atoms with Crippen LogP contribution in [0.1, 0.15) is 21.5 Å². The van der Waals surface area contributed by atoms with Gasteiger partial charge in [0.05, 0.1) is 10.6 Å². The highest BCUT2D eigenvalue weighted by atomic mass is 16.6. The maximum Gasteiger partial charge on any atom is 0.270 e. The van der Waals surface area contributed by atoms with Gasteiger partial charge in [0.1, 0.15) is 0 Å². The topological polar surface area (TPSA) is 92.5 Å². The van der Waals surface area contributed by atoms with Crippen molar-refractivity contribution in [1.82, 2.24) is 15.1 Å². The Morgan fingerprint density at radius 3 is 2.35 bits per heavy atom. The molecule has 0 atom stereocenters. The van der Waals surface area contributed by atoms with Crippen LogP contribution in [0.25, 0.3) is 11.3 Å². The van der Waals surface area contributed by atoms with Crippen LogP contribution >= 0.6 is 0 Å². The minimum absolute atomic E-state index is 0.0800. The molecule has 0 saturated carbocycles. The third-order valence-corrected chi connectivity index (χ3v) is 5.65. The van der Waals surface area contributed by atoms with Crippen molar-refractivity contribution in [2.24, 2.45) is 0 Å². The summed E-state index contributed by atoms with van der Waals surface area (Å²) in [7, 11) is 0. The van der Waals surface area contributed by atoms with E-state index in [1.54, 1.807) is 11.0 Å². The molecule has 1 amide bonds. The number of piperazine rings is 1. The van der Waals surface area contributed by atoms with E-state index in [2.05, 4.69) is 41.1 Å². The van der Waals surface area contributed by atoms with Crippen molar-refractivity contribution < 1.29 is 9.72 Å². The third-order valence-electron chi connectivity index (χ3n) is 5.65. The van der Waals surface area contributed by atoms with Crippen LogP contribution in [-0.4, -0.2) is 52.1 Å². The van der Waals surface area contributed by atoms with Crippen LogP contribution in [0.15, 0.2) is 54.6 Å². The summed E-state index contributed by atoms with van der Waals surface area (Å²) in [6.07, 6.45) is 0. The number of nitro groups is 1. The Bertz CT molecular complexity index is 1120. The van der Waals surface area contributed by atoms with E-state index in [0.29, 0.717) is 31.7 Å². The molecule has 1 aliphatic rings. The van der Waals surface area contributed by atoms with E-state index in [-0.39, 0.29) is 11.6 Å². The number of nitro benzene ring substituents is 1. The molecular weight excluding hydrogens is 394 g/mol. The first kappa shape index (κ1) is 20.5. The molecule has 158 valence electrons. The lowest BCUT2D eigenvalue weighted by atomic mass is 10.0. The Labute approximate surface area is 180 Å². The van der Waals surface area contributed by atoms with Gasteiger partial charge in [-0.25, -0.2) is 0 Å². The lowest BCUT2D eigenvalue weighted by Crippen LogP contribution is -2.49. The molecule has 4 rings (SSSR count). The molecule has 1 saturated heterocycles. The molecule has 0 aliphatic carbocycles. The van der Waals surface area contributed by atoms with Crippen LogP contribution in [0.5, 0.6) is 0 Å². The van der Waals surface area contributed by atoms with E-state index in [1.807, 2.05) is 18.2 Å². The molecule has 2 heterocycles. The molecule has 8 heteroatoms. The van der Waals surface area contributed by atoms with E-state index < -0.39 is 4.92 Å². The first-order chi connectivity index (χ1) is 14.9. The van der Waals surface area contributed by atoms with Gasteiger partial charge >= 0.3 is 0 Å². The number of hydrogen-bond donors (Lipinski definition) is 0. The first-order valence-electron chi connectivity index (χ1n) is 10.1. The maximum atomic E-state index is 12.7. The zero-order valence-electron chi connectivity index (χ0n) is 17.5. The van der Waals surface area contributed by atoms with Crippen molar-refractivity contribution in [3.8, 4) is 11.3 Å². The molecule has 31 heavy (non-hydrogen) atoms. The number of rotatable bonds is 4. The molecule has 1 fully saturated rings. The van der Waals surface area contributed by atoms with Crippen molar-refractivity contribution in [3.05, 3.63) is 81.4 Å². The fourth-order valence-corrected chi connectivity index (χ4v) is 3.62. The normalized spacial score (nSPS) is 13.9. The predicted molar refractivity (Wildman–Crippen MR) is 118 cm³/mol. The van der Waals surface area contributed by atoms with Gasteiger partial charge in [-0.15, -0.1) is 10.2 Å². The number of anilines is 1. The second-order valence-corrected chi connectivity index (χ2v) is 7.66. The van der Waals surface area contributed by atoms with Crippen molar-refractivity contribution in [2.75, 3.05) is 31.1 Å². The standard InChI is InChI=1S/C23H23N5O3/c1-16-6-7-18(14-17(16)2)21-8-9-22(25-24-21)26-10-12-27(13-11-26)23(29)19-4-3-5-20(15-19)28(30)31/h3-9,14-15H,10-13H2,1-2H3. The molecule has 2 aromatic carbocycles. The van der Waals surface area contributed by atoms with Crippen LogP contribution in [0.4, 0.5) is 11.5 Å². The number of non-ortho nitro benzene ring substituents is 1. The molecule has 0 bridgehead atoms. The van der Waals surface area contributed by atoms with E-state index >= 15 is 0 Å². The van der Waals surface area contributed by atoms with Crippen LogP contribution in [-0.2, 0) is 0 Å². The average molecular weight is 417 g/mol. The molecule has 0 N–H and O–H groups in total. The largest absolute Gasteiger partial charge is 0.352 e. The van der Waals surface area contributed by atoms with Gasteiger partial charge in [0, 0.05) is 49.4 Å². The third kappa shape index (κ3) is 4.37. The molecule has 8 nitrogen and oxygen atoms in total. The minimum atomic E-state index is -0.491. The highest BCUT2D eigenvalue weighted by Crippen LogP contribution is 2.22. The number of aromatic nitrogens is 2. The summed E-state index contributed by atoms with van der Waals surface area (Å²) in [5.41, 5.74) is 4.57. The summed E-state index contributed by atoms with van der Waals surface area (Å²) in [6.45, 7) is 6.44. The van der Waals surface area contributed by atoms with Gasteiger partial charge in [-0.2, -0.15) is 0 Å². The smallest absolute Gasteiger partial charge is 0.270 e. The summed E-state index contributed by atoms with van der Waals surface area (Å²) in [6, 6.07) is 16.0. The van der Waals surface area contributed by atoms with Gasteiger partial charge in [0.2, 0.25) is 0 Å². The van der Waals surface area contributed by atoms with Gasteiger partial charge in [-0.05, 0) is 49.2 Å². The fourth-order valence-electron chi connectivity index (χ4n) is 3.62. The number of carbonyl (C=O) groups is 1. The van der Waals surface area contributed by atoms with Crippen molar-refractivity contribution >= 4 is 17.4 Å². The zero-order chi connectivity index (χ0) is 22.0. The number of aryl methyl sites for hydroxylation is 2. The second kappa shape index (κ2) is 8.51. The number of nitrogens with zero attached hydrogens (tertiary/aromatic N) is 5. The lowest BCUT2D eigenvalue weighted by molar-refractivity contribution is -0.384. The number of hydrogen-bond acceptors (Lipinski definition) is 6. The van der Waals surface area contributed by atoms with Crippen LogP contribution in [0.2, 0.25) is 0 Å². The minimum Gasteiger partial charge on any atom is -0.352 e. The molecule has 0 unspecified atom stereocenters. The number of carbonyl (C=O) groups excluding carboxylic acids is 1. The molecular formula is C23H23N5O3. The summed E-state index contributed by atoms with van der Waals surface area (Å²) in [4.78, 5) is 27.0. The van der Waals surface area contributed by atoms with E-state index in [0.717, 1.165) is 17.1 Å². The van der Waals surface area contributed by atoms with Crippen LogP contribution < -0.4 is 4.90 Å². The summed E-state index contributed by atoms with van der Waals surface area (Å²) >= 11 is 0. The first-order valence-corrected chi connectivity index (χ1v) is 10.1. The number of amides is 1. The van der Waals surface area contributed by atoms with Gasteiger partial charge in [-0.3, -0.25) is 14.9 Å². The van der Waals surface area contributed by atoms with E-state index in [4.69, 9.17) is 0 Å². The summed E-state index contributed by atoms with van der Waals surface area (Å²) < 4.78 is 0. The lowest BCUT2D eigenvalue weighted by Gasteiger charge is -2.35. The predicted octanol–water partition coefficient (Wildman–Crippen LogP) is 3.63. The van der Waals surface area contributed by atoms with Gasteiger partial charge in [0.15, 0.2) is 5.82 Å². The van der Waals surface area contributed by atoms with Gasteiger partial charge < -0.3 is 9.80 Å². The Morgan fingerprint density at radius 2 is 1.71 bits per heavy atom. The molecule has 1 aliphatic heterocycles. The number of benzene rings is 2. The van der Waals surface area contributed by atoms with Crippen LogP contribution in [0, 0.1) is 24.0 Å².